The fraction of sp³-hybridized carbons (Fsp3) is 0.467. The van der Waals surface area contributed by atoms with Crippen LogP contribution in [0.1, 0.15) is 24.3 Å². The third-order valence-electron chi connectivity index (χ3n) is 3.89. The molecule has 1 saturated heterocycles. The molecule has 128 valence electrons. The van der Waals surface area contributed by atoms with Crippen molar-refractivity contribution in [3.8, 4) is 17.7 Å². The Labute approximate surface area is 140 Å². The maximum atomic E-state index is 12.7. The number of aryl methyl sites for hydroxylation is 1. The largest absolute Gasteiger partial charge is 0.455 e. The minimum absolute atomic E-state index is 0.0845. The summed E-state index contributed by atoms with van der Waals surface area (Å²) in [5, 5.41) is 9.13. The third kappa shape index (κ3) is 2.68. The lowest BCUT2D eigenvalue weighted by Gasteiger charge is -2.14. The predicted octanol–water partition coefficient (Wildman–Crippen LogP) is 1.97. The van der Waals surface area contributed by atoms with Gasteiger partial charge in [-0.2, -0.15) is 14.6 Å². The van der Waals surface area contributed by atoms with Crippen molar-refractivity contribution < 1.29 is 17.3 Å². The van der Waals surface area contributed by atoms with E-state index in [0.29, 0.717) is 19.0 Å². The Morgan fingerprint density at radius 3 is 2.50 bits per heavy atom. The molecule has 24 heavy (non-hydrogen) atoms. The van der Waals surface area contributed by atoms with Crippen molar-refractivity contribution >= 4 is 15.9 Å². The minimum atomic E-state index is -3.59. The molecule has 3 rings (SSSR count). The summed E-state index contributed by atoms with van der Waals surface area (Å²) >= 11 is 0. The van der Waals surface area contributed by atoms with Crippen molar-refractivity contribution in [2.75, 3.05) is 32.1 Å². The van der Waals surface area contributed by atoms with Gasteiger partial charge in [0, 0.05) is 33.3 Å². The van der Waals surface area contributed by atoms with Crippen molar-refractivity contribution in [3.63, 3.8) is 0 Å². The van der Waals surface area contributed by atoms with E-state index in [2.05, 4.69) is 4.98 Å². The van der Waals surface area contributed by atoms with Gasteiger partial charge in [-0.05, 0) is 19.8 Å². The number of hydrogen-bond donors (Lipinski definition) is 0. The van der Waals surface area contributed by atoms with Gasteiger partial charge < -0.3 is 13.7 Å². The van der Waals surface area contributed by atoms with Crippen LogP contribution in [0.3, 0.4) is 0 Å². The average molecular weight is 350 g/mol. The highest BCUT2D eigenvalue weighted by Crippen LogP contribution is 2.33. The van der Waals surface area contributed by atoms with Crippen LogP contribution < -0.4 is 4.90 Å². The van der Waals surface area contributed by atoms with Gasteiger partial charge in [0.05, 0.1) is 0 Å². The molecule has 2 aromatic heterocycles. The van der Waals surface area contributed by atoms with E-state index < -0.39 is 10.0 Å². The van der Waals surface area contributed by atoms with E-state index in [9.17, 15) is 8.42 Å². The summed E-state index contributed by atoms with van der Waals surface area (Å²) in [5.41, 5.74) is 0.119. The second kappa shape index (κ2) is 5.96. The first-order chi connectivity index (χ1) is 11.3. The minimum Gasteiger partial charge on any atom is -0.455 e. The Balaban J connectivity index is 2.02. The second-order valence-electron chi connectivity index (χ2n) is 5.82. The number of nitriles is 1. The predicted molar refractivity (Wildman–Crippen MR) is 86.0 cm³/mol. The molecule has 0 aliphatic carbocycles. The number of furan rings is 1. The molecule has 3 heterocycles. The number of aromatic nitrogens is 1. The summed E-state index contributed by atoms with van der Waals surface area (Å²) in [6.45, 7) is 2.63. The first-order valence-corrected chi connectivity index (χ1v) is 8.98. The fourth-order valence-corrected chi connectivity index (χ4v) is 4.37. The molecule has 9 heteroatoms. The SMILES string of the molecule is Cc1oc(-c2nc(C#N)c(N(C)C)o2)cc1S(=O)(=O)N1CCCC1. The number of rotatable bonds is 4. The summed E-state index contributed by atoms with van der Waals surface area (Å²) in [6.07, 6.45) is 1.72. The van der Waals surface area contributed by atoms with E-state index in [1.807, 2.05) is 6.07 Å². The van der Waals surface area contributed by atoms with Crippen molar-refractivity contribution in [1.82, 2.24) is 9.29 Å². The molecule has 0 radical (unpaired) electrons. The van der Waals surface area contributed by atoms with E-state index in [-0.39, 0.29) is 28.0 Å². The molecule has 1 aliphatic rings. The number of hydrogen-bond acceptors (Lipinski definition) is 7. The van der Waals surface area contributed by atoms with Crippen LogP contribution in [-0.2, 0) is 10.0 Å². The van der Waals surface area contributed by atoms with Crippen LogP contribution in [0.15, 0.2) is 19.8 Å². The highest BCUT2D eigenvalue weighted by molar-refractivity contribution is 7.89. The molecule has 1 fully saturated rings. The molecule has 0 spiro atoms. The maximum absolute atomic E-state index is 12.7. The summed E-state index contributed by atoms with van der Waals surface area (Å²) in [6, 6.07) is 3.36. The standard InChI is InChI=1S/C15H18N4O4S/c1-10-13(24(20,21)19-6-4-5-7-19)8-12(22-10)14-17-11(9-16)15(23-14)18(2)3/h8H,4-7H2,1-3H3. The summed E-state index contributed by atoms with van der Waals surface area (Å²) in [5.74, 6) is 0.849. The van der Waals surface area contributed by atoms with Gasteiger partial charge >= 0.3 is 0 Å². The Kier molecular flexibility index (Phi) is 4.11. The van der Waals surface area contributed by atoms with Gasteiger partial charge in [-0.25, -0.2) is 8.42 Å². The molecule has 0 saturated carbocycles. The molecular formula is C15H18N4O4S. The highest BCUT2D eigenvalue weighted by atomic mass is 32.2. The molecule has 0 bridgehead atoms. The average Bonchev–Trinajstić information content (AvgIpc) is 3.25. The van der Waals surface area contributed by atoms with Gasteiger partial charge in [0.25, 0.3) is 5.89 Å². The highest BCUT2D eigenvalue weighted by Gasteiger charge is 2.32. The van der Waals surface area contributed by atoms with E-state index in [1.54, 1.807) is 25.9 Å². The Morgan fingerprint density at radius 2 is 1.96 bits per heavy atom. The van der Waals surface area contributed by atoms with E-state index in [0.717, 1.165) is 12.8 Å². The first kappa shape index (κ1) is 16.5. The first-order valence-electron chi connectivity index (χ1n) is 7.54. The van der Waals surface area contributed by atoms with Crippen LogP contribution in [0.25, 0.3) is 11.7 Å². The van der Waals surface area contributed by atoms with Gasteiger partial charge in [-0.3, -0.25) is 0 Å². The van der Waals surface area contributed by atoms with E-state index >= 15 is 0 Å². The summed E-state index contributed by atoms with van der Waals surface area (Å²) in [7, 11) is -0.139. The van der Waals surface area contributed by atoms with Crippen LogP contribution in [0.2, 0.25) is 0 Å². The van der Waals surface area contributed by atoms with Crippen molar-refractivity contribution in [2.24, 2.45) is 0 Å². The molecule has 0 unspecified atom stereocenters. The monoisotopic (exact) mass is 350 g/mol. The molecule has 8 nitrogen and oxygen atoms in total. The molecule has 2 aromatic rings. The van der Waals surface area contributed by atoms with Gasteiger partial charge in [0.15, 0.2) is 5.76 Å². The van der Waals surface area contributed by atoms with Crippen LogP contribution in [0.5, 0.6) is 0 Å². The smallest absolute Gasteiger partial charge is 0.266 e. The number of nitrogens with zero attached hydrogens (tertiary/aromatic N) is 4. The lowest BCUT2D eigenvalue weighted by atomic mass is 10.4. The van der Waals surface area contributed by atoms with Gasteiger partial charge in [0.1, 0.15) is 16.7 Å². The number of oxazole rings is 1. The Bertz CT molecular complexity index is 899. The topological polar surface area (TPSA) is 104 Å². The molecule has 0 amide bonds. The van der Waals surface area contributed by atoms with Gasteiger partial charge in [-0.15, -0.1) is 0 Å². The van der Waals surface area contributed by atoms with Gasteiger partial charge in [-0.1, -0.05) is 0 Å². The lowest BCUT2D eigenvalue weighted by molar-refractivity contribution is 0.469. The van der Waals surface area contributed by atoms with Gasteiger partial charge in [0.2, 0.25) is 21.6 Å². The van der Waals surface area contributed by atoms with Crippen molar-refractivity contribution in [2.45, 2.75) is 24.7 Å². The zero-order valence-corrected chi connectivity index (χ0v) is 14.6. The van der Waals surface area contributed by atoms with Crippen LogP contribution in [0, 0.1) is 18.3 Å². The number of anilines is 1. The zero-order chi connectivity index (χ0) is 17.5. The lowest BCUT2D eigenvalue weighted by Crippen LogP contribution is -2.27. The third-order valence-corrected chi connectivity index (χ3v) is 5.89. The fourth-order valence-electron chi connectivity index (χ4n) is 2.69. The quantitative estimate of drug-likeness (QED) is 0.830. The van der Waals surface area contributed by atoms with E-state index in [4.69, 9.17) is 14.1 Å². The Morgan fingerprint density at radius 1 is 1.29 bits per heavy atom. The van der Waals surface area contributed by atoms with Crippen LogP contribution in [0.4, 0.5) is 5.88 Å². The zero-order valence-electron chi connectivity index (χ0n) is 13.7. The molecular weight excluding hydrogens is 332 g/mol. The number of sulfonamides is 1. The Hall–Kier alpha value is -2.31. The van der Waals surface area contributed by atoms with E-state index in [1.165, 1.54) is 10.4 Å². The van der Waals surface area contributed by atoms with Crippen LogP contribution in [-0.4, -0.2) is 44.9 Å². The summed E-state index contributed by atoms with van der Waals surface area (Å²) < 4.78 is 37.9. The normalized spacial score (nSPS) is 15.6. The molecule has 1 aliphatic heterocycles. The molecule has 0 aromatic carbocycles. The van der Waals surface area contributed by atoms with Crippen LogP contribution >= 0.6 is 0 Å². The second-order valence-corrected chi connectivity index (χ2v) is 7.73. The molecule has 0 atom stereocenters. The maximum Gasteiger partial charge on any atom is 0.266 e. The summed E-state index contributed by atoms with van der Waals surface area (Å²) in [4.78, 5) is 5.81. The molecule has 0 N–H and O–H groups in total. The van der Waals surface area contributed by atoms with Crippen molar-refractivity contribution in [1.29, 1.82) is 5.26 Å². The van der Waals surface area contributed by atoms with Crippen molar-refractivity contribution in [3.05, 3.63) is 17.5 Å².